The second kappa shape index (κ2) is 7.33. The van der Waals surface area contributed by atoms with Crippen molar-refractivity contribution >= 4 is 40.7 Å². The van der Waals surface area contributed by atoms with E-state index in [0.717, 1.165) is 25.7 Å². The first-order chi connectivity index (χ1) is 12.1. The third kappa shape index (κ3) is 3.96. The molecule has 4 N–H and O–H groups in total. The number of fused-ring (bicyclic) bond motifs is 2. The number of unbranched alkanes of at least 4 members (excludes halogenated alkanes) is 3. The van der Waals surface area contributed by atoms with Crippen LogP contribution >= 0.6 is 0 Å². The lowest BCUT2D eigenvalue weighted by Gasteiger charge is -2.29. The van der Waals surface area contributed by atoms with Gasteiger partial charge in [0.05, 0.1) is 11.4 Å². The van der Waals surface area contributed by atoms with E-state index in [1.807, 2.05) is 0 Å². The van der Waals surface area contributed by atoms with Crippen LogP contribution in [0.3, 0.4) is 0 Å². The standard InChI is InChI=1S/C17H21N5O3/c1-2-3-4-5-6-13(23)18-10-7-8-11-12(9-10)20-15-14(19-11)16(24)22-17(25)21-15/h7-9,14,19H,2-6H2,1H3,(H,18,23)(H2,20,21,22,24,25). The number of amides is 4. The van der Waals surface area contributed by atoms with E-state index in [1.165, 1.54) is 0 Å². The van der Waals surface area contributed by atoms with E-state index >= 15 is 0 Å². The van der Waals surface area contributed by atoms with E-state index in [4.69, 9.17) is 0 Å². The second-order valence-electron chi connectivity index (χ2n) is 6.11. The van der Waals surface area contributed by atoms with Crippen molar-refractivity contribution in [2.24, 2.45) is 4.99 Å². The van der Waals surface area contributed by atoms with E-state index in [-0.39, 0.29) is 11.7 Å². The summed E-state index contributed by atoms with van der Waals surface area (Å²) in [6.07, 6.45) is 4.68. The predicted molar refractivity (Wildman–Crippen MR) is 95.0 cm³/mol. The van der Waals surface area contributed by atoms with Gasteiger partial charge < -0.3 is 10.6 Å². The van der Waals surface area contributed by atoms with E-state index in [0.29, 0.717) is 23.5 Å². The van der Waals surface area contributed by atoms with Gasteiger partial charge in [-0.2, -0.15) is 0 Å². The smallest absolute Gasteiger partial charge is 0.326 e. The molecule has 132 valence electrons. The van der Waals surface area contributed by atoms with Crippen LogP contribution < -0.4 is 21.3 Å². The summed E-state index contributed by atoms with van der Waals surface area (Å²) in [5.41, 5.74) is 1.86. The summed E-state index contributed by atoms with van der Waals surface area (Å²) in [4.78, 5) is 39.5. The first kappa shape index (κ1) is 16.9. The van der Waals surface area contributed by atoms with Crippen LogP contribution in [-0.2, 0) is 9.59 Å². The quantitative estimate of drug-likeness (QED) is 0.594. The van der Waals surface area contributed by atoms with Gasteiger partial charge in [-0.05, 0) is 24.6 Å². The molecule has 1 fully saturated rings. The topological polar surface area (TPSA) is 112 Å². The number of carbonyl (C=O) groups excluding carboxylic acids is 3. The molecule has 2 aliphatic heterocycles. The van der Waals surface area contributed by atoms with Crippen LogP contribution in [0.15, 0.2) is 23.2 Å². The molecule has 0 saturated carbocycles. The minimum Gasteiger partial charge on any atom is -0.366 e. The number of rotatable bonds is 6. The molecule has 25 heavy (non-hydrogen) atoms. The maximum atomic E-state index is 12.0. The number of urea groups is 1. The Balaban J connectivity index is 1.68. The van der Waals surface area contributed by atoms with Crippen LogP contribution in [0.2, 0.25) is 0 Å². The molecule has 0 bridgehead atoms. The summed E-state index contributed by atoms with van der Waals surface area (Å²) in [7, 11) is 0. The van der Waals surface area contributed by atoms with Crippen molar-refractivity contribution in [1.29, 1.82) is 0 Å². The molecule has 0 aromatic heterocycles. The maximum absolute atomic E-state index is 12.0. The lowest BCUT2D eigenvalue weighted by molar-refractivity contribution is -0.120. The number of anilines is 2. The third-order valence-corrected chi connectivity index (χ3v) is 4.09. The zero-order valence-electron chi connectivity index (χ0n) is 14.0. The molecular formula is C17H21N5O3. The molecular weight excluding hydrogens is 322 g/mol. The third-order valence-electron chi connectivity index (χ3n) is 4.09. The lowest BCUT2D eigenvalue weighted by Crippen LogP contribution is -2.61. The van der Waals surface area contributed by atoms with Gasteiger partial charge in [-0.1, -0.05) is 26.2 Å². The average Bonchev–Trinajstić information content (AvgIpc) is 2.57. The second-order valence-corrected chi connectivity index (χ2v) is 6.11. The molecule has 1 aromatic rings. The van der Waals surface area contributed by atoms with Crippen LogP contribution in [0, 0.1) is 0 Å². The number of aliphatic imine (C=N–C) groups is 1. The normalized spacial score (nSPS) is 18.1. The first-order valence-corrected chi connectivity index (χ1v) is 8.47. The Morgan fingerprint density at radius 2 is 2.04 bits per heavy atom. The number of benzene rings is 1. The number of imide groups is 1. The summed E-state index contributed by atoms with van der Waals surface area (Å²) < 4.78 is 0. The van der Waals surface area contributed by atoms with Crippen molar-refractivity contribution in [3.05, 3.63) is 18.2 Å². The Morgan fingerprint density at radius 1 is 1.20 bits per heavy atom. The summed E-state index contributed by atoms with van der Waals surface area (Å²) in [6.45, 7) is 2.13. The van der Waals surface area contributed by atoms with Crippen molar-refractivity contribution in [2.45, 2.75) is 45.1 Å². The Bertz CT molecular complexity index is 744. The highest BCUT2D eigenvalue weighted by Crippen LogP contribution is 2.32. The van der Waals surface area contributed by atoms with Gasteiger partial charge in [0.2, 0.25) is 5.91 Å². The van der Waals surface area contributed by atoms with Crippen molar-refractivity contribution in [3.63, 3.8) is 0 Å². The zero-order valence-corrected chi connectivity index (χ0v) is 14.0. The Morgan fingerprint density at radius 3 is 2.84 bits per heavy atom. The molecule has 1 unspecified atom stereocenters. The van der Waals surface area contributed by atoms with Gasteiger partial charge in [-0.15, -0.1) is 0 Å². The number of hydrogen-bond donors (Lipinski definition) is 4. The molecule has 4 amide bonds. The largest absolute Gasteiger partial charge is 0.366 e. The minimum atomic E-state index is -0.718. The fourth-order valence-corrected chi connectivity index (χ4v) is 2.80. The number of hydrogen-bond acceptors (Lipinski definition) is 5. The Labute approximate surface area is 145 Å². The molecule has 1 atom stereocenters. The van der Waals surface area contributed by atoms with Crippen LogP contribution in [0.25, 0.3) is 0 Å². The Kier molecular flexibility index (Phi) is 4.97. The number of nitrogens with one attached hydrogen (secondary N) is 4. The van der Waals surface area contributed by atoms with Gasteiger partial charge >= 0.3 is 6.03 Å². The zero-order chi connectivity index (χ0) is 17.8. The predicted octanol–water partition coefficient (Wildman–Crippen LogP) is 2.26. The van der Waals surface area contributed by atoms with E-state index in [1.54, 1.807) is 18.2 Å². The minimum absolute atomic E-state index is 0.0318. The fraction of sp³-hybridized carbons (Fsp3) is 0.412. The van der Waals surface area contributed by atoms with E-state index in [2.05, 4.69) is 33.2 Å². The highest BCUT2D eigenvalue weighted by molar-refractivity contribution is 6.23. The van der Waals surface area contributed by atoms with Crippen LogP contribution in [0.5, 0.6) is 0 Å². The lowest BCUT2D eigenvalue weighted by atomic mass is 10.1. The highest BCUT2D eigenvalue weighted by atomic mass is 16.2. The molecule has 2 heterocycles. The molecule has 0 radical (unpaired) electrons. The van der Waals surface area contributed by atoms with Crippen LogP contribution in [0.1, 0.15) is 39.0 Å². The van der Waals surface area contributed by atoms with Crippen molar-refractivity contribution in [3.8, 4) is 0 Å². The molecule has 8 nitrogen and oxygen atoms in total. The van der Waals surface area contributed by atoms with Gasteiger partial charge in [0.15, 0.2) is 6.04 Å². The number of carbonyl (C=O) groups is 3. The van der Waals surface area contributed by atoms with Gasteiger partial charge in [0.25, 0.3) is 5.91 Å². The monoisotopic (exact) mass is 343 g/mol. The molecule has 0 spiro atoms. The highest BCUT2D eigenvalue weighted by Gasteiger charge is 2.35. The fourth-order valence-electron chi connectivity index (χ4n) is 2.80. The van der Waals surface area contributed by atoms with E-state index in [9.17, 15) is 14.4 Å². The molecule has 0 aliphatic carbocycles. The molecule has 1 aromatic carbocycles. The first-order valence-electron chi connectivity index (χ1n) is 8.47. The van der Waals surface area contributed by atoms with Crippen molar-refractivity contribution in [2.75, 3.05) is 10.6 Å². The Hall–Kier alpha value is -2.90. The van der Waals surface area contributed by atoms with Crippen LogP contribution in [0.4, 0.5) is 21.9 Å². The van der Waals surface area contributed by atoms with Crippen molar-refractivity contribution < 1.29 is 14.4 Å². The average molecular weight is 343 g/mol. The van der Waals surface area contributed by atoms with Gasteiger partial charge in [-0.3, -0.25) is 20.2 Å². The maximum Gasteiger partial charge on any atom is 0.326 e. The molecule has 3 rings (SSSR count). The number of amidine groups is 1. The molecule has 2 aliphatic rings. The van der Waals surface area contributed by atoms with Crippen LogP contribution in [-0.4, -0.2) is 29.7 Å². The van der Waals surface area contributed by atoms with E-state index < -0.39 is 18.0 Å². The van der Waals surface area contributed by atoms with Crippen molar-refractivity contribution in [1.82, 2.24) is 10.6 Å². The SMILES string of the molecule is CCCCCCC(=O)Nc1ccc2c(c1)N=C1NC(=O)NC(=O)C1N2. The number of nitrogens with zero attached hydrogens (tertiary/aromatic N) is 1. The summed E-state index contributed by atoms with van der Waals surface area (Å²) in [6, 6.07) is 3.92. The summed E-state index contributed by atoms with van der Waals surface area (Å²) in [5, 5.41) is 10.6. The molecule has 1 saturated heterocycles. The summed E-state index contributed by atoms with van der Waals surface area (Å²) in [5.74, 6) is -0.224. The molecule has 8 heteroatoms. The summed E-state index contributed by atoms with van der Waals surface area (Å²) >= 11 is 0. The van der Waals surface area contributed by atoms with Gasteiger partial charge in [0, 0.05) is 12.1 Å². The van der Waals surface area contributed by atoms with Gasteiger partial charge in [0.1, 0.15) is 5.84 Å². The van der Waals surface area contributed by atoms with Gasteiger partial charge in [-0.25, -0.2) is 9.79 Å².